The molecule has 0 fully saturated rings. The number of thioether (sulfide) groups is 1. The Morgan fingerprint density at radius 2 is 1.80 bits per heavy atom. The summed E-state index contributed by atoms with van der Waals surface area (Å²) in [5.41, 5.74) is 3.60. The van der Waals surface area contributed by atoms with Gasteiger partial charge in [-0.1, -0.05) is 56.7 Å². The minimum Gasteiger partial charge on any atom is -0.119 e. The predicted octanol–water partition coefficient (Wildman–Crippen LogP) is 6.14. The second-order valence-corrected chi connectivity index (χ2v) is 9.11. The van der Waals surface area contributed by atoms with Crippen molar-refractivity contribution in [2.75, 3.05) is 0 Å². The molecule has 0 N–H and O–H groups in total. The zero-order valence-electron chi connectivity index (χ0n) is 13.2. The maximum atomic E-state index is 2.46. The fourth-order valence-corrected chi connectivity index (χ4v) is 6.20. The van der Waals surface area contributed by atoms with Gasteiger partial charge in [0.1, 0.15) is 0 Å². The van der Waals surface area contributed by atoms with Crippen LogP contribution in [0.3, 0.4) is 0 Å². The number of benzene rings is 1. The first-order chi connectivity index (χ1) is 9.41. The Balaban J connectivity index is 2.01. The molecular weight excluding hydrogens is 260 g/mol. The van der Waals surface area contributed by atoms with Crippen molar-refractivity contribution in [3.05, 3.63) is 46.4 Å². The van der Waals surface area contributed by atoms with Gasteiger partial charge in [-0.25, -0.2) is 0 Å². The summed E-state index contributed by atoms with van der Waals surface area (Å²) in [6.45, 7) is 9.77. The van der Waals surface area contributed by atoms with Crippen molar-refractivity contribution in [1.82, 2.24) is 0 Å². The molecule has 1 aliphatic carbocycles. The maximum absolute atomic E-state index is 2.46. The van der Waals surface area contributed by atoms with E-state index < -0.39 is 0 Å². The highest BCUT2D eigenvalue weighted by atomic mass is 32.2. The van der Waals surface area contributed by atoms with Crippen LogP contribution in [0.25, 0.3) is 0 Å². The molecule has 0 amide bonds. The Bertz CT molecular complexity index is 526. The van der Waals surface area contributed by atoms with E-state index in [9.17, 15) is 0 Å². The molecule has 1 aliphatic heterocycles. The molecule has 0 saturated heterocycles. The molecule has 0 nitrogen and oxygen atoms in total. The molecular formula is C19H26S. The summed E-state index contributed by atoms with van der Waals surface area (Å²) in [5, 5.41) is 0. The third kappa shape index (κ3) is 2.45. The second kappa shape index (κ2) is 4.94. The Morgan fingerprint density at radius 3 is 2.50 bits per heavy atom. The number of hydrogen-bond acceptors (Lipinski definition) is 1. The van der Waals surface area contributed by atoms with Crippen LogP contribution in [0, 0.1) is 11.3 Å². The number of allylic oxidation sites excluding steroid dienone is 2. The van der Waals surface area contributed by atoms with Crippen molar-refractivity contribution in [2.45, 2.75) is 58.1 Å². The standard InChI is InChI=1S/C19H26S/c1-14-10-11-16-17(12-14)20-19(4,13-18(16,2)3)15-8-6-5-7-9-15/h5-9,14H,10-13H2,1-4H3/t14-,19+/m1/s1. The van der Waals surface area contributed by atoms with E-state index in [0.29, 0.717) is 5.41 Å². The van der Waals surface area contributed by atoms with E-state index in [4.69, 9.17) is 0 Å². The highest BCUT2D eigenvalue weighted by Crippen LogP contribution is 2.60. The summed E-state index contributed by atoms with van der Waals surface area (Å²) in [6, 6.07) is 11.1. The van der Waals surface area contributed by atoms with E-state index in [0.717, 1.165) is 5.92 Å². The molecule has 1 aromatic carbocycles. The SMILES string of the molecule is C[C@@H]1CCC2=C(C1)S[C@](C)(c1ccccc1)CC2(C)C. The normalized spacial score (nSPS) is 32.9. The van der Waals surface area contributed by atoms with Gasteiger partial charge in [0.2, 0.25) is 0 Å². The fraction of sp³-hybridized carbons (Fsp3) is 0.579. The Hall–Kier alpha value is -0.690. The molecule has 2 aliphatic rings. The zero-order chi connectivity index (χ0) is 14.4. The monoisotopic (exact) mass is 286 g/mol. The zero-order valence-corrected chi connectivity index (χ0v) is 14.0. The van der Waals surface area contributed by atoms with Crippen LogP contribution in [-0.4, -0.2) is 0 Å². The smallest absolute Gasteiger partial charge is 0.0432 e. The summed E-state index contributed by atoms with van der Waals surface area (Å²) in [7, 11) is 0. The van der Waals surface area contributed by atoms with Gasteiger partial charge in [0, 0.05) is 4.75 Å². The highest BCUT2D eigenvalue weighted by molar-refractivity contribution is 8.04. The van der Waals surface area contributed by atoms with Crippen LogP contribution in [0.5, 0.6) is 0 Å². The molecule has 108 valence electrons. The van der Waals surface area contributed by atoms with Crippen molar-refractivity contribution in [2.24, 2.45) is 11.3 Å². The minimum absolute atomic E-state index is 0.237. The van der Waals surface area contributed by atoms with Gasteiger partial charge < -0.3 is 0 Å². The van der Waals surface area contributed by atoms with E-state index >= 15 is 0 Å². The van der Waals surface area contributed by atoms with Gasteiger partial charge in [0.15, 0.2) is 0 Å². The van der Waals surface area contributed by atoms with Gasteiger partial charge in [-0.05, 0) is 54.4 Å². The van der Waals surface area contributed by atoms with Crippen molar-refractivity contribution in [3.8, 4) is 0 Å². The summed E-state index contributed by atoms with van der Waals surface area (Å²) in [4.78, 5) is 1.70. The van der Waals surface area contributed by atoms with E-state index in [1.54, 1.807) is 10.5 Å². The van der Waals surface area contributed by atoms with Gasteiger partial charge in [-0.3, -0.25) is 0 Å². The average Bonchev–Trinajstić information content (AvgIpc) is 2.38. The molecule has 1 heterocycles. The van der Waals surface area contributed by atoms with Gasteiger partial charge in [0.25, 0.3) is 0 Å². The topological polar surface area (TPSA) is 0 Å². The lowest BCUT2D eigenvalue weighted by Crippen LogP contribution is -2.34. The van der Waals surface area contributed by atoms with Crippen molar-refractivity contribution < 1.29 is 0 Å². The molecule has 1 aromatic rings. The molecule has 0 radical (unpaired) electrons. The Kier molecular flexibility index (Phi) is 3.52. The lowest BCUT2D eigenvalue weighted by atomic mass is 9.70. The van der Waals surface area contributed by atoms with Crippen LogP contribution in [0.2, 0.25) is 0 Å². The fourth-order valence-electron chi connectivity index (χ4n) is 4.10. The molecule has 1 heteroatoms. The van der Waals surface area contributed by atoms with E-state index in [1.165, 1.54) is 31.2 Å². The second-order valence-electron chi connectivity index (χ2n) is 7.51. The van der Waals surface area contributed by atoms with E-state index in [2.05, 4.69) is 69.8 Å². The molecule has 0 saturated carbocycles. The van der Waals surface area contributed by atoms with E-state index in [-0.39, 0.29) is 4.75 Å². The first kappa shape index (κ1) is 14.3. The van der Waals surface area contributed by atoms with Crippen LogP contribution in [0.1, 0.15) is 58.9 Å². The van der Waals surface area contributed by atoms with Crippen LogP contribution in [-0.2, 0) is 4.75 Å². The summed E-state index contributed by atoms with van der Waals surface area (Å²) < 4.78 is 0.237. The lowest BCUT2D eigenvalue weighted by molar-refractivity contribution is 0.317. The van der Waals surface area contributed by atoms with Crippen LogP contribution >= 0.6 is 11.8 Å². The van der Waals surface area contributed by atoms with Crippen LogP contribution in [0.15, 0.2) is 40.8 Å². The highest BCUT2D eigenvalue weighted by Gasteiger charge is 2.44. The average molecular weight is 286 g/mol. The molecule has 0 spiro atoms. The Labute approximate surface area is 128 Å². The van der Waals surface area contributed by atoms with Gasteiger partial charge in [0.05, 0.1) is 0 Å². The number of hydrogen-bond donors (Lipinski definition) is 0. The largest absolute Gasteiger partial charge is 0.119 e. The third-order valence-electron chi connectivity index (χ3n) is 5.09. The van der Waals surface area contributed by atoms with E-state index in [1.807, 2.05) is 0 Å². The minimum atomic E-state index is 0.237. The maximum Gasteiger partial charge on any atom is 0.0432 e. The van der Waals surface area contributed by atoms with Crippen molar-refractivity contribution in [3.63, 3.8) is 0 Å². The number of rotatable bonds is 1. The predicted molar refractivity (Wildman–Crippen MR) is 89.8 cm³/mol. The third-order valence-corrected chi connectivity index (χ3v) is 6.58. The van der Waals surface area contributed by atoms with Crippen LogP contribution < -0.4 is 0 Å². The summed E-state index contributed by atoms with van der Waals surface area (Å²) >= 11 is 2.16. The summed E-state index contributed by atoms with van der Waals surface area (Å²) in [6.07, 6.45) is 5.25. The molecule has 3 rings (SSSR count). The Morgan fingerprint density at radius 1 is 1.10 bits per heavy atom. The molecule has 20 heavy (non-hydrogen) atoms. The van der Waals surface area contributed by atoms with Crippen molar-refractivity contribution >= 4 is 11.8 Å². The summed E-state index contributed by atoms with van der Waals surface area (Å²) in [5.74, 6) is 0.857. The molecule has 0 unspecified atom stereocenters. The lowest BCUT2D eigenvalue weighted by Gasteiger charge is -2.47. The first-order valence-electron chi connectivity index (χ1n) is 7.88. The van der Waals surface area contributed by atoms with Gasteiger partial charge >= 0.3 is 0 Å². The first-order valence-corrected chi connectivity index (χ1v) is 8.69. The quantitative estimate of drug-likeness (QED) is 0.597. The van der Waals surface area contributed by atoms with Gasteiger partial charge in [-0.15, -0.1) is 11.8 Å². The van der Waals surface area contributed by atoms with Gasteiger partial charge in [-0.2, -0.15) is 0 Å². The molecule has 0 aromatic heterocycles. The van der Waals surface area contributed by atoms with Crippen molar-refractivity contribution in [1.29, 1.82) is 0 Å². The van der Waals surface area contributed by atoms with Crippen LogP contribution in [0.4, 0.5) is 0 Å². The molecule has 0 bridgehead atoms. The molecule has 2 atom stereocenters.